The summed E-state index contributed by atoms with van der Waals surface area (Å²) in [5.41, 5.74) is 0.221. The Morgan fingerprint density at radius 3 is 2.48 bits per heavy atom. The first-order valence-corrected chi connectivity index (χ1v) is 11.4. The smallest absolute Gasteiger partial charge is 0.210 e. The van der Waals surface area contributed by atoms with Crippen molar-refractivity contribution < 1.29 is 26.6 Å². The highest BCUT2D eigenvalue weighted by molar-refractivity contribution is 7.92. The van der Waals surface area contributed by atoms with Crippen LogP contribution in [0.15, 0.2) is 36.4 Å². The summed E-state index contributed by atoms with van der Waals surface area (Å²) in [6, 6.07) is 5.85. The van der Waals surface area contributed by atoms with Gasteiger partial charge in [0.05, 0.1) is 6.04 Å². The van der Waals surface area contributed by atoms with E-state index in [4.69, 9.17) is 4.78 Å². The molecule has 5 nitrogen and oxygen atoms in total. The molecule has 2 aromatic rings. The standard InChI is InChI=1S/C21H21F4N3O2S/c22-15-8-14(9-16(23)11-15)17-3-1-2-13(20(17)24)10-19-18(4-7-28(19)12-29)27-31(26,30)21(25)5-6-21/h1-3,8-9,11-12,18-19H,4-7,10H2,(H2,26,27,30). The summed E-state index contributed by atoms with van der Waals surface area (Å²) >= 11 is 0. The van der Waals surface area contributed by atoms with Crippen molar-refractivity contribution in [2.75, 3.05) is 6.54 Å². The van der Waals surface area contributed by atoms with Crippen LogP contribution < -0.4 is 4.72 Å². The van der Waals surface area contributed by atoms with E-state index in [1.807, 2.05) is 0 Å². The Balaban J connectivity index is 1.62. The van der Waals surface area contributed by atoms with Crippen molar-refractivity contribution in [2.45, 2.75) is 42.8 Å². The molecule has 2 aliphatic rings. The summed E-state index contributed by atoms with van der Waals surface area (Å²) in [5.74, 6) is -2.37. The van der Waals surface area contributed by atoms with Crippen LogP contribution in [-0.4, -0.2) is 39.1 Å². The quantitative estimate of drug-likeness (QED) is 0.491. The zero-order chi connectivity index (χ0) is 22.4. The van der Waals surface area contributed by atoms with Crippen LogP contribution in [0.2, 0.25) is 0 Å². The Morgan fingerprint density at radius 1 is 1.19 bits per heavy atom. The summed E-state index contributed by atoms with van der Waals surface area (Å²) in [5, 5.41) is -2.07. The second kappa shape index (κ2) is 7.90. The monoisotopic (exact) mass is 455 g/mol. The number of alkyl halides is 1. The number of likely N-dealkylation sites (tertiary alicyclic amines) is 1. The maximum atomic E-state index is 15.2. The van der Waals surface area contributed by atoms with E-state index in [1.54, 1.807) is 0 Å². The molecule has 1 heterocycles. The molecule has 0 spiro atoms. The lowest BCUT2D eigenvalue weighted by Gasteiger charge is -2.27. The molecule has 166 valence electrons. The van der Waals surface area contributed by atoms with E-state index in [0.29, 0.717) is 18.9 Å². The van der Waals surface area contributed by atoms with Gasteiger partial charge in [0.15, 0.2) is 0 Å². The first-order chi connectivity index (χ1) is 14.6. The minimum Gasteiger partial charge on any atom is -0.340 e. The predicted molar refractivity (Wildman–Crippen MR) is 107 cm³/mol. The van der Waals surface area contributed by atoms with Crippen molar-refractivity contribution >= 4 is 16.3 Å². The van der Waals surface area contributed by atoms with E-state index in [-0.39, 0.29) is 42.5 Å². The molecule has 1 saturated carbocycles. The summed E-state index contributed by atoms with van der Waals surface area (Å²) in [6.07, 6.45) is 1.01. The summed E-state index contributed by atoms with van der Waals surface area (Å²) < 4.78 is 79.7. The van der Waals surface area contributed by atoms with Crippen LogP contribution in [0.1, 0.15) is 24.8 Å². The van der Waals surface area contributed by atoms with E-state index in [9.17, 15) is 22.2 Å². The Bertz CT molecular complexity index is 1100. The average molecular weight is 455 g/mol. The molecule has 1 aliphatic heterocycles. The fourth-order valence-corrected chi connectivity index (χ4v) is 5.59. The van der Waals surface area contributed by atoms with E-state index in [2.05, 4.69) is 4.72 Å². The van der Waals surface area contributed by atoms with Crippen molar-refractivity contribution in [1.82, 2.24) is 9.62 Å². The molecule has 1 amide bonds. The number of rotatable bonds is 7. The molecule has 0 radical (unpaired) electrons. The van der Waals surface area contributed by atoms with Gasteiger partial charge >= 0.3 is 0 Å². The first-order valence-electron chi connectivity index (χ1n) is 9.83. The molecule has 1 aliphatic carbocycles. The number of hydrogen-bond acceptors (Lipinski definition) is 3. The third-order valence-corrected chi connectivity index (χ3v) is 7.95. The zero-order valence-electron chi connectivity index (χ0n) is 16.4. The fourth-order valence-electron chi connectivity index (χ4n) is 4.00. The van der Waals surface area contributed by atoms with Crippen LogP contribution >= 0.6 is 0 Å². The number of hydrogen-bond donors (Lipinski definition) is 2. The lowest BCUT2D eigenvalue weighted by Crippen LogP contribution is -2.48. The zero-order valence-corrected chi connectivity index (χ0v) is 17.2. The molecule has 31 heavy (non-hydrogen) atoms. The highest BCUT2D eigenvalue weighted by Crippen LogP contribution is 2.45. The number of carbonyl (C=O) groups excluding carboxylic acids is 1. The van der Waals surface area contributed by atoms with Crippen molar-refractivity contribution in [3.05, 3.63) is 59.4 Å². The second-order valence-electron chi connectivity index (χ2n) is 8.00. The Labute approximate surface area is 177 Å². The minimum absolute atomic E-state index is 0.000962. The summed E-state index contributed by atoms with van der Waals surface area (Å²) in [4.78, 5) is 12.9. The molecule has 1 saturated heterocycles. The summed E-state index contributed by atoms with van der Waals surface area (Å²) in [6.45, 7) is 0.289. The van der Waals surface area contributed by atoms with Gasteiger partial charge < -0.3 is 4.90 Å². The van der Waals surface area contributed by atoms with E-state index in [1.165, 1.54) is 23.1 Å². The molecule has 0 aromatic heterocycles. The number of benzene rings is 2. The molecule has 10 heteroatoms. The van der Waals surface area contributed by atoms with Crippen molar-refractivity contribution in [3.63, 3.8) is 0 Å². The lowest BCUT2D eigenvalue weighted by molar-refractivity contribution is -0.118. The molecular weight excluding hydrogens is 434 g/mol. The molecule has 2 N–H and O–H groups in total. The number of carbonyl (C=O) groups is 1. The second-order valence-corrected chi connectivity index (χ2v) is 10.1. The van der Waals surface area contributed by atoms with E-state index in [0.717, 1.165) is 12.1 Å². The van der Waals surface area contributed by atoms with E-state index < -0.39 is 44.5 Å². The van der Waals surface area contributed by atoms with Gasteiger partial charge in [0.25, 0.3) is 0 Å². The largest absolute Gasteiger partial charge is 0.340 e. The minimum atomic E-state index is -3.73. The molecule has 3 atom stereocenters. The Hall–Kier alpha value is -2.46. The van der Waals surface area contributed by atoms with Gasteiger partial charge in [0.1, 0.15) is 27.4 Å². The molecule has 2 aromatic carbocycles. The van der Waals surface area contributed by atoms with Crippen LogP contribution in [0.4, 0.5) is 17.6 Å². The summed E-state index contributed by atoms with van der Waals surface area (Å²) in [7, 11) is -3.73. The third-order valence-electron chi connectivity index (χ3n) is 5.88. The fraction of sp³-hybridized carbons (Fsp3) is 0.381. The van der Waals surface area contributed by atoms with Crippen LogP contribution in [0.25, 0.3) is 11.1 Å². The van der Waals surface area contributed by atoms with Crippen molar-refractivity contribution in [1.29, 1.82) is 4.78 Å². The van der Waals surface area contributed by atoms with E-state index >= 15 is 4.39 Å². The molecule has 4 rings (SSSR count). The van der Waals surface area contributed by atoms with Gasteiger partial charge in [-0.15, -0.1) is 0 Å². The van der Waals surface area contributed by atoms with Crippen LogP contribution in [0, 0.1) is 22.2 Å². The molecular formula is C21H21F4N3O2S. The first kappa shape index (κ1) is 21.8. The van der Waals surface area contributed by atoms with Crippen LogP contribution in [-0.2, 0) is 21.1 Å². The molecule has 3 unspecified atom stereocenters. The Morgan fingerprint density at radius 2 is 1.87 bits per heavy atom. The van der Waals surface area contributed by atoms with Gasteiger partial charge in [0.2, 0.25) is 11.4 Å². The third kappa shape index (κ3) is 4.18. The average Bonchev–Trinajstić information content (AvgIpc) is 3.36. The maximum Gasteiger partial charge on any atom is 0.210 e. The molecule has 0 bridgehead atoms. The maximum absolute atomic E-state index is 15.2. The highest BCUT2D eigenvalue weighted by atomic mass is 32.2. The van der Waals surface area contributed by atoms with Gasteiger partial charge in [-0.3, -0.25) is 4.79 Å². The van der Waals surface area contributed by atoms with Gasteiger partial charge in [-0.2, -0.15) is 0 Å². The number of nitrogens with one attached hydrogen (secondary N) is 2. The number of amides is 1. The van der Waals surface area contributed by atoms with Gasteiger partial charge in [-0.1, -0.05) is 18.2 Å². The lowest BCUT2D eigenvalue weighted by atomic mass is 9.96. The predicted octanol–water partition coefficient (Wildman–Crippen LogP) is 3.92. The number of nitrogens with zero attached hydrogens (tertiary/aromatic N) is 1. The van der Waals surface area contributed by atoms with Gasteiger partial charge in [-0.25, -0.2) is 31.3 Å². The van der Waals surface area contributed by atoms with Crippen molar-refractivity contribution in [3.8, 4) is 11.1 Å². The van der Waals surface area contributed by atoms with Crippen LogP contribution in [0.5, 0.6) is 0 Å². The SMILES string of the molecule is N=S(=O)(NC1CCN(C=O)C1Cc1cccc(-c2cc(F)cc(F)c2)c1F)C1(F)CC1. The van der Waals surface area contributed by atoms with Crippen LogP contribution in [0.3, 0.4) is 0 Å². The van der Waals surface area contributed by atoms with Crippen molar-refractivity contribution in [2.24, 2.45) is 0 Å². The highest BCUT2D eigenvalue weighted by Gasteiger charge is 2.54. The Kier molecular flexibility index (Phi) is 5.55. The van der Waals surface area contributed by atoms with Gasteiger partial charge in [0, 0.05) is 24.2 Å². The normalized spacial score (nSPS) is 24.1. The molecule has 2 fully saturated rings. The van der Waals surface area contributed by atoms with Gasteiger partial charge in [-0.05, 0) is 48.9 Å². The number of halogens is 4. The topological polar surface area (TPSA) is 73.3 Å².